The van der Waals surface area contributed by atoms with Gasteiger partial charge in [0.1, 0.15) is 5.82 Å². The van der Waals surface area contributed by atoms with E-state index in [2.05, 4.69) is 10.7 Å². The molecule has 1 unspecified atom stereocenters. The Labute approximate surface area is 104 Å². The summed E-state index contributed by atoms with van der Waals surface area (Å²) in [6.45, 7) is 2.53. The minimum atomic E-state index is -0.543. The van der Waals surface area contributed by atoms with E-state index in [-0.39, 0.29) is 17.2 Å². The molecule has 17 heavy (non-hydrogen) atoms. The first-order chi connectivity index (χ1) is 8.10. The second-order valence-electron chi connectivity index (χ2n) is 3.56. The number of rotatable bonds is 5. The van der Waals surface area contributed by atoms with Gasteiger partial charge >= 0.3 is 0 Å². The number of nitrogens with two attached hydrogens (primary N) is 1. The average Bonchev–Trinajstić information content (AvgIpc) is 2.35. The molecule has 0 aliphatic carbocycles. The van der Waals surface area contributed by atoms with Crippen molar-refractivity contribution in [1.82, 2.24) is 5.32 Å². The number of carbonyl (C=O) groups is 1. The molecule has 0 aliphatic heterocycles. The third kappa shape index (κ3) is 3.61. The molecule has 0 aromatic heterocycles. The molecule has 1 rings (SSSR count). The number of hydrazine groups is 1. The van der Waals surface area contributed by atoms with Gasteiger partial charge in [-0.1, -0.05) is 13.0 Å². The molecule has 0 saturated heterocycles. The number of hydrogen-bond acceptors (Lipinski definition) is 4. The van der Waals surface area contributed by atoms with Gasteiger partial charge in [0.05, 0.1) is 11.3 Å². The van der Waals surface area contributed by atoms with E-state index in [1.165, 1.54) is 18.2 Å². The lowest BCUT2D eigenvalue weighted by atomic mass is 10.1. The van der Waals surface area contributed by atoms with Crippen LogP contribution in [-0.2, 0) is 0 Å². The van der Waals surface area contributed by atoms with Crippen LogP contribution in [0.3, 0.4) is 0 Å². The zero-order valence-electron chi connectivity index (χ0n) is 9.79. The molecular weight excluding hydrogens is 241 g/mol. The summed E-state index contributed by atoms with van der Waals surface area (Å²) >= 11 is 1.65. The van der Waals surface area contributed by atoms with E-state index in [4.69, 9.17) is 5.84 Å². The number of benzene rings is 1. The van der Waals surface area contributed by atoms with Gasteiger partial charge in [0, 0.05) is 11.8 Å². The summed E-state index contributed by atoms with van der Waals surface area (Å²) < 4.78 is 13.3. The Kier molecular flexibility index (Phi) is 5.24. The standard InChI is InChI=1S/C11H16FN3OS/c1-7(17-2)6-14-11(16)8-4-3-5-9(12)10(8)15-13/h3-5,7,15H,6,13H2,1-2H3,(H,14,16). The Hall–Kier alpha value is -1.27. The van der Waals surface area contributed by atoms with Gasteiger partial charge in [-0.05, 0) is 18.4 Å². The predicted molar refractivity (Wildman–Crippen MR) is 69.5 cm³/mol. The molecular formula is C11H16FN3OS. The van der Waals surface area contributed by atoms with E-state index in [9.17, 15) is 9.18 Å². The van der Waals surface area contributed by atoms with E-state index >= 15 is 0 Å². The van der Waals surface area contributed by atoms with Crippen LogP contribution in [-0.4, -0.2) is 24.0 Å². The van der Waals surface area contributed by atoms with Crippen molar-refractivity contribution in [3.63, 3.8) is 0 Å². The highest BCUT2D eigenvalue weighted by Crippen LogP contribution is 2.18. The summed E-state index contributed by atoms with van der Waals surface area (Å²) in [5, 5.41) is 3.04. The molecule has 4 nitrogen and oxygen atoms in total. The first kappa shape index (κ1) is 13.8. The number of para-hydroxylation sites is 1. The third-order valence-electron chi connectivity index (χ3n) is 2.36. The summed E-state index contributed by atoms with van der Waals surface area (Å²) in [6.07, 6.45) is 1.96. The summed E-state index contributed by atoms with van der Waals surface area (Å²) in [5.74, 6) is 4.32. The molecule has 1 amide bonds. The smallest absolute Gasteiger partial charge is 0.253 e. The molecule has 4 N–H and O–H groups in total. The molecule has 1 aromatic carbocycles. The van der Waals surface area contributed by atoms with Crippen molar-refractivity contribution >= 4 is 23.4 Å². The van der Waals surface area contributed by atoms with E-state index in [0.717, 1.165) is 0 Å². The maximum absolute atomic E-state index is 13.3. The highest BCUT2D eigenvalue weighted by molar-refractivity contribution is 7.99. The fourth-order valence-corrected chi connectivity index (χ4v) is 1.53. The van der Waals surface area contributed by atoms with Gasteiger partial charge in [-0.25, -0.2) is 4.39 Å². The highest BCUT2D eigenvalue weighted by atomic mass is 32.2. The van der Waals surface area contributed by atoms with Crippen LogP contribution in [0.2, 0.25) is 0 Å². The van der Waals surface area contributed by atoms with Crippen molar-refractivity contribution in [1.29, 1.82) is 0 Å². The highest BCUT2D eigenvalue weighted by Gasteiger charge is 2.14. The maximum Gasteiger partial charge on any atom is 0.253 e. The summed E-state index contributed by atoms with van der Waals surface area (Å²) in [4.78, 5) is 11.8. The van der Waals surface area contributed by atoms with Gasteiger partial charge in [-0.15, -0.1) is 0 Å². The van der Waals surface area contributed by atoms with Crippen LogP contribution in [0.1, 0.15) is 17.3 Å². The molecule has 0 bridgehead atoms. The van der Waals surface area contributed by atoms with E-state index < -0.39 is 5.82 Å². The lowest BCUT2D eigenvalue weighted by Crippen LogP contribution is -2.30. The summed E-state index contributed by atoms with van der Waals surface area (Å²) in [7, 11) is 0. The van der Waals surface area contributed by atoms with Crippen LogP contribution >= 0.6 is 11.8 Å². The number of carbonyl (C=O) groups excluding carboxylic acids is 1. The van der Waals surface area contributed by atoms with Gasteiger partial charge in [-0.2, -0.15) is 11.8 Å². The molecule has 1 atom stereocenters. The SMILES string of the molecule is CSC(C)CNC(=O)c1cccc(F)c1NN. The monoisotopic (exact) mass is 257 g/mol. The van der Waals surface area contributed by atoms with E-state index in [1.807, 2.05) is 13.2 Å². The topological polar surface area (TPSA) is 67.2 Å². The van der Waals surface area contributed by atoms with Crippen LogP contribution in [0.25, 0.3) is 0 Å². The van der Waals surface area contributed by atoms with Crippen LogP contribution in [0.5, 0.6) is 0 Å². The molecule has 94 valence electrons. The Morgan fingerprint density at radius 2 is 2.29 bits per heavy atom. The molecule has 0 fully saturated rings. The van der Waals surface area contributed by atoms with Gasteiger partial charge in [-0.3, -0.25) is 10.6 Å². The van der Waals surface area contributed by atoms with E-state index in [0.29, 0.717) is 11.8 Å². The largest absolute Gasteiger partial charge is 0.351 e. The third-order valence-corrected chi connectivity index (χ3v) is 3.33. The summed E-state index contributed by atoms with van der Waals surface area (Å²) in [5.41, 5.74) is 2.43. The van der Waals surface area contributed by atoms with Gasteiger partial charge < -0.3 is 10.7 Å². The Morgan fingerprint density at radius 3 is 2.88 bits per heavy atom. The molecule has 0 aliphatic rings. The average molecular weight is 257 g/mol. The lowest BCUT2D eigenvalue weighted by Gasteiger charge is -2.12. The van der Waals surface area contributed by atoms with Crippen LogP contribution in [0, 0.1) is 5.82 Å². The number of nitrogens with one attached hydrogen (secondary N) is 2. The van der Waals surface area contributed by atoms with Crippen molar-refractivity contribution in [2.45, 2.75) is 12.2 Å². The first-order valence-electron chi connectivity index (χ1n) is 5.16. The van der Waals surface area contributed by atoms with Gasteiger partial charge in [0.2, 0.25) is 0 Å². The number of halogens is 1. The minimum Gasteiger partial charge on any atom is -0.351 e. The second kappa shape index (κ2) is 6.46. The van der Waals surface area contributed by atoms with Crippen LogP contribution < -0.4 is 16.6 Å². The first-order valence-corrected chi connectivity index (χ1v) is 6.45. The quantitative estimate of drug-likeness (QED) is 0.553. The minimum absolute atomic E-state index is 0.0156. The number of amides is 1. The van der Waals surface area contributed by atoms with Crippen molar-refractivity contribution in [2.75, 3.05) is 18.2 Å². The van der Waals surface area contributed by atoms with Crippen LogP contribution in [0.4, 0.5) is 10.1 Å². The molecule has 0 saturated carbocycles. The van der Waals surface area contributed by atoms with Gasteiger partial charge in [0.15, 0.2) is 0 Å². The normalized spacial score (nSPS) is 12.0. The Balaban J connectivity index is 2.78. The van der Waals surface area contributed by atoms with Crippen molar-refractivity contribution in [3.05, 3.63) is 29.6 Å². The summed E-state index contributed by atoms with van der Waals surface area (Å²) in [6, 6.07) is 4.25. The zero-order chi connectivity index (χ0) is 12.8. The lowest BCUT2D eigenvalue weighted by molar-refractivity contribution is 0.0954. The Bertz CT molecular complexity index is 400. The predicted octanol–water partition coefficient (Wildman–Crippen LogP) is 1.59. The van der Waals surface area contributed by atoms with Crippen molar-refractivity contribution in [2.24, 2.45) is 5.84 Å². The molecule has 6 heteroatoms. The van der Waals surface area contributed by atoms with Gasteiger partial charge in [0.25, 0.3) is 5.91 Å². The van der Waals surface area contributed by atoms with Crippen molar-refractivity contribution in [3.8, 4) is 0 Å². The second-order valence-corrected chi connectivity index (χ2v) is 4.84. The number of nitrogen functional groups attached to an aromatic ring is 1. The maximum atomic E-state index is 13.3. The van der Waals surface area contributed by atoms with Crippen molar-refractivity contribution < 1.29 is 9.18 Å². The van der Waals surface area contributed by atoms with Crippen LogP contribution in [0.15, 0.2) is 18.2 Å². The number of thioether (sulfide) groups is 1. The number of anilines is 1. The van der Waals surface area contributed by atoms with E-state index in [1.54, 1.807) is 11.8 Å². The number of hydrogen-bond donors (Lipinski definition) is 3. The molecule has 0 spiro atoms. The molecule has 0 radical (unpaired) electrons. The molecule has 0 heterocycles. The Morgan fingerprint density at radius 1 is 1.59 bits per heavy atom. The fourth-order valence-electron chi connectivity index (χ4n) is 1.28. The fraction of sp³-hybridized carbons (Fsp3) is 0.364. The zero-order valence-corrected chi connectivity index (χ0v) is 10.6. The molecule has 1 aromatic rings.